The Hall–Kier alpha value is -3.52. The molecule has 1 aliphatic rings. The number of fused-ring (bicyclic) bond motifs is 1. The Kier molecular flexibility index (Phi) is 4.78. The minimum absolute atomic E-state index is 0.0153. The summed E-state index contributed by atoms with van der Waals surface area (Å²) in [7, 11) is 0. The number of aromatic amines is 1. The van der Waals surface area contributed by atoms with Crippen molar-refractivity contribution in [2.24, 2.45) is 0 Å². The van der Waals surface area contributed by atoms with Gasteiger partial charge in [-0.3, -0.25) is 24.4 Å². The second kappa shape index (κ2) is 7.63. The van der Waals surface area contributed by atoms with Gasteiger partial charge in [0, 0.05) is 18.7 Å². The summed E-state index contributed by atoms with van der Waals surface area (Å²) < 4.78 is 2.34. The first-order valence-electron chi connectivity index (χ1n) is 10.1. The van der Waals surface area contributed by atoms with Crippen molar-refractivity contribution in [3.8, 4) is 5.13 Å². The maximum Gasteiger partial charge on any atom is 0.277 e. The van der Waals surface area contributed by atoms with E-state index in [-0.39, 0.29) is 23.8 Å². The maximum absolute atomic E-state index is 13.2. The van der Waals surface area contributed by atoms with Crippen LogP contribution in [0.3, 0.4) is 0 Å². The molecular formula is C23H20N4O3S. The number of likely N-dealkylation sites (tertiary alicyclic amines) is 1. The molecule has 1 atom stereocenters. The van der Waals surface area contributed by atoms with E-state index in [0.717, 1.165) is 15.8 Å². The van der Waals surface area contributed by atoms with Crippen LogP contribution in [0.1, 0.15) is 29.2 Å². The zero-order valence-electron chi connectivity index (χ0n) is 16.9. The highest BCUT2D eigenvalue weighted by molar-refractivity contribution is 7.20. The molecule has 8 heteroatoms. The van der Waals surface area contributed by atoms with Crippen molar-refractivity contribution < 1.29 is 9.59 Å². The Morgan fingerprint density at radius 3 is 2.58 bits per heavy atom. The average molecular weight is 433 g/mol. The Morgan fingerprint density at radius 2 is 1.81 bits per heavy atom. The van der Waals surface area contributed by atoms with Gasteiger partial charge >= 0.3 is 0 Å². The zero-order valence-corrected chi connectivity index (χ0v) is 17.7. The zero-order chi connectivity index (χ0) is 21.5. The number of aryl methyl sites for hydroxylation is 1. The standard InChI is InChI=1S/C23H20N4O3S/c1-14-20(22(30)27(25-14)23-24-17-9-5-6-10-18(17)31-23)16-13-19(28)26(21(16)29)12-11-15-7-3-2-4-8-15/h2-10,16,25H,11-13H2,1H3. The number of benzene rings is 2. The van der Waals surface area contributed by atoms with Crippen LogP contribution >= 0.6 is 11.3 Å². The topological polar surface area (TPSA) is 88.1 Å². The summed E-state index contributed by atoms with van der Waals surface area (Å²) in [4.78, 5) is 44.7. The number of rotatable bonds is 5. The maximum atomic E-state index is 13.2. The molecule has 3 heterocycles. The number of imide groups is 1. The summed E-state index contributed by atoms with van der Waals surface area (Å²) in [5, 5.41) is 3.56. The van der Waals surface area contributed by atoms with Crippen molar-refractivity contribution in [2.75, 3.05) is 6.54 Å². The van der Waals surface area contributed by atoms with Gasteiger partial charge in [0.05, 0.1) is 21.7 Å². The van der Waals surface area contributed by atoms with Gasteiger partial charge in [-0.1, -0.05) is 53.8 Å². The van der Waals surface area contributed by atoms with E-state index in [2.05, 4.69) is 10.1 Å². The molecule has 0 saturated carbocycles. The SMILES string of the molecule is Cc1[nH]n(-c2nc3ccccc3s2)c(=O)c1C1CC(=O)N(CCc2ccccc2)C1=O. The number of aromatic nitrogens is 3. The van der Waals surface area contributed by atoms with Gasteiger partial charge < -0.3 is 0 Å². The fraction of sp³-hybridized carbons (Fsp3) is 0.217. The molecular weight excluding hydrogens is 412 g/mol. The number of para-hydroxylation sites is 1. The van der Waals surface area contributed by atoms with E-state index >= 15 is 0 Å². The predicted molar refractivity (Wildman–Crippen MR) is 119 cm³/mol. The van der Waals surface area contributed by atoms with Gasteiger partial charge in [-0.15, -0.1) is 0 Å². The Labute approximate surface area is 181 Å². The van der Waals surface area contributed by atoms with Crippen molar-refractivity contribution in [2.45, 2.75) is 25.7 Å². The summed E-state index contributed by atoms with van der Waals surface area (Å²) in [5.74, 6) is -1.31. The number of hydrogen-bond acceptors (Lipinski definition) is 5. The molecule has 0 spiro atoms. The molecule has 0 radical (unpaired) electrons. The molecule has 156 valence electrons. The number of hydrogen-bond donors (Lipinski definition) is 1. The summed E-state index contributed by atoms with van der Waals surface area (Å²) >= 11 is 1.40. The summed E-state index contributed by atoms with van der Waals surface area (Å²) in [5.41, 5.74) is 2.47. The quantitative estimate of drug-likeness (QED) is 0.491. The van der Waals surface area contributed by atoms with Gasteiger partial charge in [-0.2, -0.15) is 4.68 Å². The van der Waals surface area contributed by atoms with Crippen LogP contribution in [0.5, 0.6) is 0 Å². The minimum Gasteiger partial charge on any atom is -0.293 e. The number of carbonyl (C=O) groups excluding carboxylic acids is 2. The van der Waals surface area contributed by atoms with Gasteiger partial charge in [-0.05, 0) is 31.0 Å². The number of nitrogens with zero attached hydrogens (tertiary/aromatic N) is 3. The van der Waals surface area contributed by atoms with Gasteiger partial charge in [0.15, 0.2) is 0 Å². The molecule has 2 aromatic carbocycles. The van der Waals surface area contributed by atoms with Crippen LogP contribution in [0, 0.1) is 6.92 Å². The van der Waals surface area contributed by atoms with Crippen LogP contribution in [-0.2, 0) is 16.0 Å². The average Bonchev–Trinajstić information content (AvgIpc) is 3.41. The number of H-pyrrole nitrogens is 1. The lowest BCUT2D eigenvalue weighted by Crippen LogP contribution is -2.33. The van der Waals surface area contributed by atoms with Crippen LogP contribution < -0.4 is 5.56 Å². The molecule has 1 N–H and O–H groups in total. The summed E-state index contributed by atoms with van der Waals surface area (Å²) in [6, 6.07) is 17.4. The van der Waals surface area contributed by atoms with Crippen molar-refractivity contribution in [3.05, 3.63) is 81.8 Å². The second-order valence-corrected chi connectivity index (χ2v) is 8.64. The summed E-state index contributed by atoms with van der Waals surface area (Å²) in [6.07, 6.45) is 0.606. The Morgan fingerprint density at radius 1 is 1.06 bits per heavy atom. The van der Waals surface area contributed by atoms with Gasteiger partial charge in [0.25, 0.3) is 5.56 Å². The molecule has 7 nitrogen and oxygen atoms in total. The number of carbonyl (C=O) groups is 2. The van der Waals surface area contributed by atoms with Gasteiger partial charge in [0.2, 0.25) is 16.9 Å². The third-order valence-electron chi connectivity index (χ3n) is 5.65. The first-order chi connectivity index (χ1) is 15.0. The van der Waals surface area contributed by atoms with E-state index in [0.29, 0.717) is 29.4 Å². The van der Waals surface area contributed by atoms with Crippen molar-refractivity contribution in [3.63, 3.8) is 0 Å². The lowest BCUT2D eigenvalue weighted by Gasteiger charge is -2.14. The van der Waals surface area contributed by atoms with Gasteiger partial charge in [0.1, 0.15) is 0 Å². The normalized spacial score (nSPS) is 16.5. The Balaban J connectivity index is 1.43. The number of amides is 2. The van der Waals surface area contributed by atoms with E-state index in [9.17, 15) is 14.4 Å². The van der Waals surface area contributed by atoms with Crippen molar-refractivity contribution in [1.82, 2.24) is 19.7 Å². The van der Waals surface area contributed by atoms with Crippen LogP contribution in [0.4, 0.5) is 0 Å². The fourth-order valence-electron chi connectivity index (χ4n) is 4.09. The number of thiazole rings is 1. The molecule has 1 unspecified atom stereocenters. The van der Waals surface area contributed by atoms with Crippen molar-refractivity contribution >= 4 is 33.4 Å². The molecule has 1 fully saturated rings. The molecule has 5 rings (SSSR count). The van der Waals surface area contributed by atoms with Crippen molar-refractivity contribution in [1.29, 1.82) is 0 Å². The van der Waals surface area contributed by atoms with E-state index in [1.165, 1.54) is 20.9 Å². The summed E-state index contributed by atoms with van der Waals surface area (Å²) in [6.45, 7) is 2.07. The molecule has 2 amide bonds. The first-order valence-corrected chi connectivity index (χ1v) is 10.9. The van der Waals surface area contributed by atoms with Crippen LogP contribution in [0.15, 0.2) is 59.4 Å². The van der Waals surface area contributed by atoms with E-state index in [4.69, 9.17) is 0 Å². The molecule has 31 heavy (non-hydrogen) atoms. The third kappa shape index (κ3) is 3.38. The lowest BCUT2D eigenvalue weighted by molar-refractivity contribution is -0.138. The van der Waals surface area contributed by atoms with E-state index in [1.807, 2.05) is 54.6 Å². The largest absolute Gasteiger partial charge is 0.293 e. The molecule has 2 aromatic heterocycles. The highest BCUT2D eigenvalue weighted by Crippen LogP contribution is 2.31. The smallest absolute Gasteiger partial charge is 0.277 e. The highest BCUT2D eigenvalue weighted by atomic mass is 32.1. The highest BCUT2D eigenvalue weighted by Gasteiger charge is 2.42. The lowest BCUT2D eigenvalue weighted by atomic mass is 9.98. The van der Waals surface area contributed by atoms with Gasteiger partial charge in [-0.25, -0.2) is 4.98 Å². The molecule has 1 aliphatic heterocycles. The predicted octanol–water partition coefficient (Wildman–Crippen LogP) is 3.17. The monoisotopic (exact) mass is 432 g/mol. The van der Waals surface area contributed by atoms with E-state index < -0.39 is 5.92 Å². The molecule has 0 aliphatic carbocycles. The fourth-order valence-corrected chi connectivity index (χ4v) is 5.01. The molecule has 0 bridgehead atoms. The van der Waals surface area contributed by atoms with Crippen LogP contribution in [0.25, 0.3) is 15.3 Å². The minimum atomic E-state index is -0.761. The first kappa shape index (κ1) is 19.4. The van der Waals surface area contributed by atoms with E-state index in [1.54, 1.807) is 6.92 Å². The molecule has 4 aromatic rings. The molecule has 1 saturated heterocycles. The third-order valence-corrected chi connectivity index (χ3v) is 6.67. The Bertz CT molecular complexity index is 1320. The number of nitrogens with one attached hydrogen (secondary N) is 1. The van der Waals surface area contributed by atoms with Crippen LogP contribution in [-0.4, -0.2) is 38.0 Å². The second-order valence-electron chi connectivity index (χ2n) is 7.63. The van der Waals surface area contributed by atoms with Crippen LogP contribution in [0.2, 0.25) is 0 Å².